The van der Waals surface area contributed by atoms with E-state index in [0.717, 1.165) is 5.69 Å². The normalized spacial score (nSPS) is 19.0. The van der Waals surface area contributed by atoms with Gasteiger partial charge in [-0.1, -0.05) is 17.8 Å². The number of pyridine rings is 1. The highest BCUT2D eigenvalue weighted by molar-refractivity contribution is 8.15. The van der Waals surface area contributed by atoms with Gasteiger partial charge >= 0.3 is 0 Å². The highest BCUT2D eigenvalue weighted by Crippen LogP contribution is 2.24. The lowest BCUT2D eigenvalue weighted by atomic mass is 10.2. The van der Waals surface area contributed by atoms with Gasteiger partial charge in [-0.05, 0) is 36.4 Å². The van der Waals surface area contributed by atoms with Crippen molar-refractivity contribution in [2.45, 2.75) is 5.25 Å². The highest BCUT2D eigenvalue weighted by atomic mass is 32.2. The van der Waals surface area contributed by atoms with Gasteiger partial charge in [-0.2, -0.15) is 0 Å². The smallest absolute Gasteiger partial charge is 0.241 e. The zero-order chi connectivity index (χ0) is 16.2. The standard InChI is InChI=1S/C16H15FN4OS/c1-21(12-7-5-11(17)6-8-12)10-13-15(22)20-16(23-13)19-14-4-2-3-9-18-14/h2-9,13H,10H2,1H3,(H,18,19,20,22). The first kappa shape index (κ1) is 15.5. The fourth-order valence-corrected chi connectivity index (χ4v) is 3.19. The van der Waals surface area contributed by atoms with Gasteiger partial charge in [0.25, 0.3) is 0 Å². The van der Waals surface area contributed by atoms with Crippen LogP contribution in [0.5, 0.6) is 0 Å². The molecule has 7 heteroatoms. The number of nitrogens with one attached hydrogen (secondary N) is 1. The van der Waals surface area contributed by atoms with Crippen LogP contribution in [0.15, 0.2) is 53.7 Å². The van der Waals surface area contributed by atoms with Crippen molar-refractivity contribution < 1.29 is 9.18 Å². The largest absolute Gasteiger partial charge is 0.373 e. The number of benzene rings is 1. The minimum atomic E-state index is -0.278. The minimum absolute atomic E-state index is 0.0846. The molecule has 3 rings (SSSR count). The molecule has 1 atom stereocenters. The van der Waals surface area contributed by atoms with Gasteiger partial charge in [-0.15, -0.1) is 0 Å². The molecule has 118 valence electrons. The van der Waals surface area contributed by atoms with E-state index in [-0.39, 0.29) is 17.0 Å². The quantitative estimate of drug-likeness (QED) is 0.936. The van der Waals surface area contributed by atoms with Crippen LogP contribution in [-0.2, 0) is 4.79 Å². The van der Waals surface area contributed by atoms with Crippen LogP contribution in [0, 0.1) is 5.82 Å². The van der Waals surface area contributed by atoms with Crippen LogP contribution in [0.1, 0.15) is 0 Å². The van der Waals surface area contributed by atoms with Crippen LogP contribution < -0.4 is 10.2 Å². The van der Waals surface area contributed by atoms with E-state index in [1.807, 2.05) is 24.1 Å². The fourth-order valence-electron chi connectivity index (χ4n) is 2.15. The number of amides is 1. The molecule has 5 nitrogen and oxygen atoms in total. The molecule has 1 saturated heterocycles. The lowest BCUT2D eigenvalue weighted by molar-refractivity contribution is -0.118. The number of nitrogens with zero attached hydrogens (tertiary/aromatic N) is 3. The first-order valence-corrected chi connectivity index (χ1v) is 7.94. The van der Waals surface area contributed by atoms with Crippen LogP contribution in [0.3, 0.4) is 0 Å². The van der Waals surface area contributed by atoms with E-state index in [1.165, 1.54) is 23.9 Å². The van der Waals surface area contributed by atoms with E-state index >= 15 is 0 Å². The second-order valence-electron chi connectivity index (χ2n) is 5.06. The summed E-state index contributed by atoms with van der Waals surface area (Å²) in [6.45, 7) is 0.503. The molecule has 0 aliphatic carbocycles. The number of carbonyl (C=O) groups excluding carboxylic acids is 1. The maximum absolute atomic E-state index is 13.0. The number of carbonyl (C=O) groups is 1. The Kier molecular flexibility index (Phi) is 4.57. The summed E-state index contributed by atoms with van der Waals surface area (Å²) in [5.41, 5.74) is 0.856. The van der Waals surface area contributed by atoms with E-state index in [1.54, 1.807) is 24.4 Å². The SMILES string of the molecule is CN(CC1S/C(=N/c2ccccn2)NC1=O)c1ccc(F)cc1. The Bertz CT molecular complexity index is 721. The maximum atomic E-state index is 13.0. The van der Waals surface area contributed by atoms with E-state index in [0.29, 0.717) is 17.5 Å². The summed E-state index contributed by atoms with van der Waals surface area (Å²) in [4.78, 5) is 22.4. The second kappa shape index (κ2) is 6.78. The molecule has 0 spiro atoms. The van der Waals surface area contributed by atoms with Crippen LogP contribution in [-0.4, -0.2) is 34.9 Å². The number of halogens is 1. The number of hydrogen-bond donors (Lipinski definition) is 1. The van der Waals surface area contributed by atoms with Gasteiger partial charge < -0.3 is 10.2 Å². The zero-order valence-corrected chi connectivity index (χ0v) is 13.3. The molecule has 2 aromatic rings. The number of aromatic nitrogens is 1. The Balaban J connectivity index is 1.66. The molecule has 0 radical (unpaired) electrons. The van der Waals surface area contributed by atoms with Gasteiger partial charge in [0.05, 0.1) is 0 Å². The molecule has 1 aromatic carbocycles. The van der Waals surface area contributed by atoms with Gasteiger partial charge in [0.2, 0.25) is 5.91 Å². The number of thioether (sulfide) groups is 1. The molecule has 0 bridgehead atoms. The molecule has 1 aromatic heterocycles. The van der Waals surface area contributed by atoms with E-state index in [4.69, 9.17) is 0 Å². The molecule has 1 aliphatic heterocycles. The summed E-state index contributed by atoms with van der Waals surface area (Å²) in [6, 6.07) is 11.6. The van der Waals surface area contributed by atoms with Crippen LogP contribution in [0.25, 0.3) is 0 Å². The van der Waals surface area contributed by atoms with E-state index < -0.39 is 0 Å². The number of amidine groups is 1. The molecule has 1 N–H and O–H groups in total. The monoisotopic (exact) mass is 330 g/mol. The molecule has 2 heterocycles. The Hall–Kier alpha value is -2.41. The van der Waals surface area contributed by atoms with Crippen LogP contribution in [0.4, 0.5) is 15.9 Å². The lowest BCUT2D eigenvalue weighted by Crippen LogP contribution is -2.33. The topological polar surface area (TPSA) is 57.6 Å². The first-order chi connectivity index (χ1) is 11.1. The van der Waals surface area contributed by atoms with Crippen molar-refractivity contribution in [2.24, 2.45) is 4.99 Å². The summed E-state index contributed by atoms with van der Waals surface area (Å²) >= 11 is 1.37. The molecule has 0 saturated carbocycles. The Labute approximate surface area is 137 Å². The number of anilines is 1. The third-order valence-corrected chi connectivity index (χ3v) is 4.41. The van der Waals surface area contributed by atoms with E-state index in [2.05, 4.69) is 15.3 Å². The van der Waals surface area contributed by atoms with Crippen molar-refractivity contribution in [3.63, 3.8) is 0 Å². The Morgan fingerprint density at radius 2 is 2.09 bits per heavy atom. The average Bonchev–Trinajstić information content (AvgIpc) is 2.88. The van der Waals surface area contributed by atoms with Crippen molar-refractivity contribution in [2.75, 3.05) is 18.5 Å². The third-order valence-electron chi connectivity index (χ3n) is 3.35. The number of hydrogen-bond acceptors (Lipinski definition) is 5. The molecule has 23 heavy (non-hydrogen) atoms. The minimum Gasteiger partial charge on any atom is -0.373 e. The predicted molar refractivity (Wildman–Crippen MR) is 90.5 cm³/mol. The van der Waals surface area contributed by atoms with Gasteiger partial charge in [0.15, 0.2) is 11.0 Å². The van der Waals surface area contributed by atoms with Crippen molar-refractivity contribution in [1.82, 2.24) is 10.3 Å². The van der Waals surface area contributed by atoms with Crippen molar-refractivity contribution in [3.8, 4) is 0 Å². The maximum Gasteiger partial charge on any atom is 0.241 e. The zero-order valence-electron chi connectivity index (χ0n) is 12.4. The summed E-state index contributed by atoms with van der Waals surface area (Å²) in [7, 11) is 1.87. The third kappa shape index (κ3) is 3.87. The Morgan fingerprint density at radius 1 is 1.30 bits per heavy atom. The summed E-state index contributed by atoms with van der Waals surface area (Å²) in [6.07, 6.45) is 1.65. The van der Waals surface area contributed by atoms with Gasteiger partial charge in [-0.25, -0.2) is 14.4 Å². The van der Waals surface area contributed by atoms with Crippen molar-refractivity contribution in [3.05, 3.63) is 54.5 Å². The number of aliphatic imine (C=N–C) groups is 1. The Morgan fingerprint density at radius 3 is 2.78 bits per heavy atom. The van der Waals surface area contributed by atoms with Crippen LogP contribution >= 0.6 is 11.8 Å². The summed E-state index contributed by atoms with van der Waals surface area (Å²) < 4.78 is 13.0. The fraction of sp³-hybridized carbons (Fsp3) is 0.188. The van der Waals surface area contributed by atoms with E-state index in [9.17, 15) is 9.18 Å². The predicted octanol–water partition coefficient (Wildman–Crippen LogP) is 2.58. The molecule has 1 unspecified atom stereocenters. The van der Waals surface area contributed by atoms with Gasteiger partial charge in [0, 0.05) is 25.5 Å². The van der Waals surface area contributed by atoms with Crippen LogP contribution in [0.2, 0.25) is 0 Å². The molecular weight excluding hydrogens is 315 g/mol. The second-order valence-corrected chi connectivity index (χ2v) is 6.25. The summed E-state index contributed by atoms with van der Waals surface area (Å²) in [5.74, 6) is 0.196. The molecule has 1 fully saturated rings. The number of rotatable bonds is 4. The average molecular weight is 330 g/mol. The molecule has 1 aliphatic rings. The van der Waals surface area contributed by atoms with Gasteiger partial charge in [0.1, 0.15) is 11.1 Å². The highest BCUT2D eigenvalue weighted by Gasteiger charge is 2.31. The van der Waals surface area contributed by atoms with Gasteiger partial charge in [-0.3, -0.25) is 4.79 Å². The molecular formula is C16H15FN4OS. The lowest BCUT2D eigenvalue weighted by Gasteiger charge is -2.21. The summed E-state index contributed by atoms with van der Waals surface area (Å²) in [5, 5.41) is 3.04. The van der Waals surface area contributed by atoms with Crippen molar-refractivity contribution in [1.29, 1.82) is 0 Å². The molecule has 1 amide bonds. The van der Waals surface area contributed by atoms with Crippen molar-refractivity contribution >= 4 is 34.3 Å². The first-order valence-electron chi connectivity index (χ1n) is 7.06.